The number of benzene rings is 10. The lowest BCUT2D eigenvalue weighted by molar-refractivity contribution is 1.17. The highest BCUT2D eigenvalue weighted by molar-refractivity contribution is 7.26. The molecule has 0 aliphatic rings. The van der Waals surface area contributed by atoms with Crippen LogP contribution >= 0.6 is 11.3 Å². The van der Waals surface area contributed by atoms with Crippen molar-refractivity contribution in [3.63, 3.8) is 0 Å². The van der Waals surface area contributed by atoms with Crippen LogP contribution in [0.5, 0.6) is 0 Å². The van der Waals surface area contributed by atoms with Crippen molar-refractivity contribution in [1.82, 2.24) is 9.13 Å². The van der Waals surface area contributed by atoms with Gasteiger partial charge in [-0.25, -0.2) is 0 Å². The van der Waals surface area contributed by atoms with Gasteiger partial charge in [0.2, 0.25) is 0 Å². The Morgan fingerprint density at radius 2 is 0.781 bits per heavy atom. The van der Waals surface area contributed by atoms with E-state index in [9.17, 15) is 0 Å². The molecule has 300 valence electrons. The molecule has 0 fully saturated rings. The van der Waals surface area contributed by atoms with E-state index in [1.807, 2.05) is 11.3 Å². The van der Waals surface area contributed by atoms with E-state index in [4.69, 9.17) is 0 Å². The second kappa shape index (κ2) is 14.7. The van der Waals surface area contributed by atoms with E-state index < -0.39 is 8.07 Å². The first-order valence-electron chi connectivity index (χ1n) is 22.0. The second-order valence-electron chi connectivity index (χ2n) is 16.8. The standard InChI is InChI=1S/C60H40N2SSi/c1-4-19-41(20-5-1)52-39-47(40-54-51-30-13-17-34-59(51)63-60(52)54)64(44-22-6-2-7-23-44,45-24-8-3-9-25-45)46-26-18-21-42(37-46)61-57-33-16-12-29-50(57)53-38-43(35-36-58(53)61)62-55-31-14-10-27-48(55)49-28-11-15-32-56(49)62/h1-40H. The number of nitrogens with zero attached hydrogens (tertiary/aromatic N) is 2. The molecule has 0 unspecified atom stereocenters. The highest BCUT2D eigenvalue weighted by Crippen LogP contribution is 2.41. The zero-order valence-corrected chi connectivity index (χ0v) is 36.7. The minimum absolute atomic E-state index is 1.15. The number of rotatable bonds is 7. The minimum atomic E-state index is -3.03. The molecule has 0 spiro atoms. The maximum atomic E-state index is 2.55. The number of para-hydroxylation sites is 3. The van der Waals surface area contributed by atoms with E-state index in [2.05, 4.69) is 252 Å². The molecule has 4 heteroatoms. The quantitative estimate of drug-likeness (QED) is 0.112. The lowest BCUT2D eigenvalue weighted by Crippen LogP contribution is -2.74. The molecule has 0 amide bonds. The molecule has 13 rings (SSSR count). The Hall–Kier alpha value is -7.76. The summed E-state index contributed by atoms with van der Waals surface area (Å²) in [7, 11) is -3.03. The van der Waals surface area contributed by atoms with Gasteiger partial charge in [0.25, 0.3) is 0 Å². The molecular formula is C60H40N2SSi. The smallest absolute Gasteiger partial charge is 0.179 e. The zero-order chi connectivity index (χ0) is 42.2. The Balaban J connectivity index is 1.09. The number of hydrogen-bond donors (Lipinski definition) is 0. The van der Waals surface area contributed by atoms with Crippen LogP contribution in [-0.2, 0) is 0 Å². The van der Waals surface area contributed by atoms with Crippen molar-refractivity contribution in [1.29, 1.82) is 0 Å². The van der Waals surface area contributed by atoms with E-state index >= 15 is 0 Å². The number of hydrogen-bond acceptors (Lipinski definition) is 1. The van der Waals surface area contributed by atoms with E-state index in [1.54, 1.807) is 0 Å². The summed E-state index contributed by atoms with van der Waals surface area (Å²) in [6.45, 7) is 0. The number of aromatic nitrogens is 2. The topological polar surface area (TPSA) is 9.86 Å². The molecule has 0 saturated heterocycles. The van der Waals surface area contributed by atoms with Gasteiger partial charge in [0.05, 0.1) is 22.1 Å². The van der Waals surface area contributed by atoms with Crippen LogP contribution in [0.4, 0.5) is 0 Å². The third kappa shape index (κ3) is 5.50. The van der Waals surface area contributed by atoms with Crippen LogP contribution in [0.2, 0.25) is 0 Å². The molecule has 3 aromatic heterocycles. The predicted molar refractivity (Wildman–Crippen MR) is 277 cm³/mol. The molecular weight excluding hydrogens is 809 g/mol. The normalized spacial score (nSPS) is 12.1. The fraction of sp³-hybridized carbons (Fsp3) is 0. The third-order valence-corrected chi connectivity index (χ3v) is 19.4. The molecule has 0 aliphatic carbocycles. The van der Waals surface area contributed by atoms with Crippen molar-refractivity contribution in [2.75, 3.05) is 0 Å². The van der Waals surface area contributed by atoms with Crippen LogP contribution in [0.1, 0.15) is 0 Å². The lowest BCUT2D eigenvalue weighted by atomic mass is 10.0. The molecule has 13 aromatic rings. The van der Waals surface area contributed by atoms with E-state index in [-0.39, 0.29) is 0 Å². The zero-order valence-electron chi connectivity index (χ0n) is 34.9. The fourth-order valence-corrected chi connectivity index (χ4v) is 16.7. The first kappa shape index (κ1) is 36.9. The first-order chi connectivity index (χ1) is 31.8. The maximum absolute atomic E-state index is 3.03. The summed E-state index contributed by atoms with van der Waals surface area (Å²) in [6, 6.07) is 90.7. The summed E-state index contributed by atoms with van der Waals surface area (Å²) in [5.41, 5.74) is 9.65. The molecule has 64 heavy (non-hydrogen) atoms. The van der Waals surface area contributed by atoms with Crippen molar-refractivity contribution in [2.45, 2.75) is 0 Å². The van der Waals surface area contributed by atoms with Gasteiger partial charge < -0.3 is 9.13 Å². The third-order valence-electron chi connectivity index (χ3n) is 13.4. The van der Waals surface area contributed by atoms with Gasteiger partial charge in [0.15, 0.2) is 8.07 Å². The van der Waals surface area contributed by atoms with Crippen LogP contribution in [0.3, 0.4) is 0 Å². The minimum Gasteiger partial charge on any atom is -0.309 e. The van der Waals surface area contributed by atoms with Gasteiger partial charge in [0.1, 0.15) is 0 Å². The monoisotopic (exact) mass is 848 g/mol. The van der Waals surface area contributed by atoms with Gasteiger partial charge in [-0.15, -0.1) is 11.3 Å². The van der Waals surface area contributed by atoms with Crippen molar-refractivity contribution < 1.29 is 0 Å². The summed E-state index contributed by atoms with van der Waals surface area (Å²) in [5, 5.41) is 13.1. The van der Waals surface area contributed by atoms with Gasteiger partial charge >= 0.3 is 0 Å². The maximum Gasteiger partial charge on any atom is 0.179 e. The Bertz CT molecular complexity index is 3810. The Morgan fingerprint density at radius 1 is 0.297 bits per heavy atom. The fourth-order valence-electron chi connectivity index (χ4n) is 10.7. The summed E-state index contributed by atoms with van der Waals surface area (Å²) in [4.78, 5) is 0. The van der Waals surface area contributed by atoms with Crippen molar-refractivity contribution in [2.24, 2.45) is 0 Å². The Kier molecular flexibility index (Phi) is 8.45. The molecule has 0 radical (unpaired) electrons. The molecule has 10 aromatic carbocycles. The molecule has 0 saturated carbocycles. The van der Waals surface area contributed by atoms with Gasteiger partial charge in [-0.2, -0.15) is 0 Å². The average Bonchev–Trinajstić information content (AvgIpc) is 4.03. The SMILES string of the molecule is c1ccc(-c2cc([Si](c3ccccc3)(c3ccccc3)c3cccc(-n4c5ccccc5c5cc(-n6c7ccccc7c7ccccc76)ccc54)c3)cc3c2sc2ccccc23)cc1. The van der Waals surface area contributed by atoms with Crippen molar-refractivity contribution in [3.05, 3.63) is 243 Å². The van der Waals surface area contributed by atoms with Gasteiger partial charge in [-0.3, -0.25) is 0 Å². The Labute approximate surface area is 376 Å². The summed E-state index contributed by atoms with van der Waals surface area (Å²) in [5.74, 6) is 0. The van der Waals surface area contributed by atoms with E-state index in [0.717, 1.165) is 11.4 Å². The van der Waals surface area contributed by atoms with Crippen LogP contribution in [-0.4, -0.2) is 17.2 Å². The largest absolute Gasteiger partial charge is 0.309 e. The predicted octanol–water partition coefficient (Wildman–Crippen LogP) is 13.3. The van der Waals surface area contributed by atoms with E-state index in [1.165, 1.54) is 95.7 Å². The van der Waals surface area contributed by atoms with Crippen LogP contribution in [0.15, 0.2) is 243 Å². The highest BCUT2D eigenvalue weighted by atomic mass is 32.1. The van der Waals surface area contributed by atoms with Gasteiger partial charge in [-0.05, 0) is 86.5 Å². The summed E-state index contributed by atoms with van der Waals surface area (Å²) >= 11 is 1.90. The highest BCUT2D eigenvalue weighted by Gasteiger charge is 2.42. The van der Waals surface area contributed by atoms with Crippen molar-refractivity contribution in [3.8, 4) is 22.5 Å². The molecule has 0 N–H and O–H groups in total. The van der Waals surface area contributed by atoms with Crippen LogP contribution < -0.4 is 20.7 Å². The lowest BCUT2D eigenvalue weighted by Gasteiger charge is -2.35. The summed E-state index contributed by atoms with van der Waals surface area (Å²) in [6.07, 6.45) is 0. The average molecular weight is 849 g/mol. The van der Waals surface area contributed by atoms with Crippen molar-refractivity contribution >= 4 is 104 Å². The number of fused-ring (bicyclic) bond motifs is 9. The second-order valence-corrected chi connectivity index (χ2v) is 21.7. The first-order valence-corrected chi connectivity index (χ1v) is 24.8. The molecule has 2 nitrogen and oxygen atoms in total. The van der Waals surface area contributed by atoms with Gasteiger partial charge in [-0.1, -0.05) is 188 Å². The number of thiophene rings is 1. The Morgan fingerprint density at radius 3 is 1.41 bits per heavy atom. The van der Waals surface area contributed by atoms with Gasteiger partial charge in [0, 0.05) is 53.1 Å². The van der Waals surface area contributed by atoms with Crippen LogP contribution in [0.25, 0.3) is 86.3 Å². The molecule has 3 heterocycles. The molecule has 0 aliphatic heterocycles. The summed E-state index contributed by atoms with van der Waals surface area (Å²) < 4.78 is 7.56. The molecule has 0 atom stereocenters. The van der Waals surface area contributed by atoms with Crippen LogP contribution in [0, 0.1) is 0 Å². The van der Waals surface area contributed by atoms with E-state index in [0.29, 0.717) is 0 Å². The molecule has 0 bridgehead atoms.